The third-order valence-corrected chi connectivity index (χ3v) is 9.83. The Labute approximate surface area is 163 Å². The molecular formula is C23H28N2OS. The molecule has 142 valence electrons. The zero-order valence-electron chi connectivity index (χ0n) is 15.6. The van der Waals surface area contributed by atoms with Crippen LogP contribution in [0.15, 0.2) is 88.5 Å². The predicted octanol–water partition coefficient (Wildman–Crippen LogP) is 4.99. The van der Waals surface area contributed by atoms with Gasteiger partial charge in [0.25, 0.3) is 0 Å². The van der Waals surface area contributed by atoms with Crippen molar-refractivity contribution in [2.24, 2.45) is 0 Å². The molecule has 4 heteroatoms. The number of benzene rings is 2. The number of nitrogens with zero attached hydrogens (tertiary/aromatic N) is 1. The number of hydrogen-bond donors (Lipinski definition) is 2. The van der Waals surface area contributed by atoms with Crippen molar-refractivity contribution in [3.05, 3.63) is 89.1 Å². The van der Waals surface area contributed by atoms with Crippen LogP contribution in [0.25, 0.3) is 0 Å². The summed E-state index contributed by atoms with van der Waals surface area (Å²) in [5.74, 6) is 0. The van der Waals surface area contributed by atoms with Crippen molar-refractivity contribution in [3.8, 4) is 0 Å². The monoisotopic (exact) mass is 380 g/mol. The molecule has 2 N–H and O–H groups in total. The molecule has 0 amide bonds. The van der Waals surface area contributed by atoms with Gasteiger partial charge >= 0.3 is 0 Å². The molecule has 2 aromatic carbocycles. The molecule has 4 rings (SSSR count). The molecule has 0 saturated carbocycles. The van der Waals surface area contributed by atoms with Gasteiger partial charge in [-0.05, 0) is 60.4 Å². The molecular weight excluding hydrogens is 352 g/mol. The Morgan fingerprint density at radius 2 is 1.67 bits per heavy atom. The predicted molar refractivity (Wildman–Crippen MR) is 115 cm³/mol. The summed E-state index contributed by atoms with van der Waals surface area (Å²) in [5.41, 5.74) is 1.42. The molecule has 2 aromatic rings. The van der Waals surface area contributed by atoms with Gasteiger partial charge in [-0.3, -0.25) is 0 Å². The lowest BCUT2D eigenvalue weighted by Gasteiger charge is -2.46. The highest BCUT2D eigenvalue weighted by molar-refractivity contribution is 8.39. The number of likely N-dealkylation sites (tertiary alicyclic amines) is 1. The topological polar surface area (TPSA) is 35.5 Å². The first-order valence-corrected chi connectivity index (χ1v) is 11.5. The molecule has 0 aromatic heterocycles. The zero-order valence-corrected chi connectivity index (χ0v) is 16.4. The maximum Gasteiger partial charge on any atom is 0.108 e. The van der Waals surface area contributed by atoms with Gasteiger partial charge in [0.1, 0.15) is 6.26 Å². The highest BCUT2D eigenvalue weighted by Crippen LogP contribution is 2.69. The second-order valence-electron chi connectivity index (χ2n) is 7.24. The van der Waals surface area contributed by atoms with E-state index in [-0.39, 0.29) is 0 Å². The van der Waals surface area contributed by atoms with Gasteiger partial charge in [0.2, 0.25) is 0 Å². The quantitative estimate of drug-likeness (QED) is 0.718. The smallest absolute Gasteiger partial charge is 0.108 e. The minimum Gasteiger partial charge on any atom is -0.513 e. The Morgan fingerprint density at radius 1 is 1.00 bits per heavy atom. The Morgan fingerprint density at radius 3 is 2.33 bits per heavy atom. The van der Waals surface area contributed by atoms with Crippen LogP contribution in [0.1, 0.15) is 18.4 Å². The van der Waals surface area contributed by atoms with E-state index in [0.29, 0.717) is 5.25 Å². The molecule has 1 atom stereocenters. The fraction of sp³-hybridized carbons (Fsp3) is 0.304. The van der Waals surface area contributed by atoms with Crippen molar-refractivity contribution in [2.75, 3.05) is 19.6 Å². The van der Waals surface area contributed by atoms with Crippen molar-refractivity contribution in [1.82, 2.24) is 10.2 Å². The standard InChI is InChI=1S/C23H28N2OS/c26-19-23-24-14-18-27(23,21-9-5-2-6-10-21)22-12-16-25(17-13-22)15-11-20-7-3-1-4-8-20/h1-10,14,18-19,22,24,26H,11-13,15-17H2. The van der Waals surface area contributed by atoms with Crippen LogP contribution in [0.2, 0.25) is 0 Å². The first-order valence-electron chi connectivity index (χ1n) is 9.74. The van der Waals surface area contributed by atoms with Crippen LogP contribution in [-0.4, -0.2) is 34.9 Å². The maximum atomic E-state index is 9.90. The molecule has 0 bridgehead atoms. The lowest BCUT2D eigenvalue weighted by atomic mass is 10.1. The normalized spacial score (nSPS) is 27.3. The molecule has 2 aliphatic rings. The van der Waals surface area contributed by atoms with Crippen LogP contribution >= 0.6 is 10.0 Å². The van der Waals surface area contributed by atoms with E-state index in [1.54, 1.807) is 0 Å². The number of nitrogens with one attached hydrogen (secondary N) is 1. The first kappa shape index (κ1) is 18.2. The molecule has 1 fully saturated rings. The Kier molecular flexibility index (Phi) is 5.55. The second-order valence-corrected chi connectivity index (χ2v) is 10.5. The SMILES string of the molecule is OC=C1NC=CS1(c1ccccc1)C1CCN(CCc2ccccc2)CC1. The summed E-state index contributed by atoms with van der Waals surface area (Å²) in [7, 11) is -1.33. The third kappa shape index (κ3) is 3.64. The summed E-state index contributed by atoms with van der Waals surface area (Å²) < 4.78 is 0. The fourth-order valence-corrected chi connectivity index (χ4v) is 8.10. The largest absolute Gasteiger partial charge is 0.513 e. The van der Waals surface area contributed by atoms with E-state index in [1.165, 1.54) is 29.6 Å². The van der Waals surface area contributed by atoms with Crippen LogP contribution in [0.4, 0.5) is 0 Å². The molecule has 0 aliphatic carbocycles. The lowest BCUT2D eigenvalue weighted by Crippen LogP contribution is -2.39. The van der Waals surface area contributed by atoms with Crippen LogP contribution in [0.5, 0.6) is 0 Å². The van der Waals surface area contributed by atoms with E-state index in [2.05, 4.69) is 76.3 Å². The second kappa shape index (κ2) is 8.24. The number of hydrogen-bond acceptors (Lipinski definition) is 3. The Balaban J connectivity index is 1.46. The highest BCUT2D eigenvalue weighted by atomic mass is 32.3. The van der Waals surface area contributed by atoms with Gasteiger partial charge in [0.05, 0.1) is 5.03 Å². The molecule has 2 heterocycles. The van der Waals surface area contributed by atoms with Gasteiger partial charge in [-0.15, -0.1) is 10.0 Å². The first-order chi connectivity index (χ1) is 13.3. The molecule has 0 radical (unpaired) electrons. The van der Waals surface area contributed by atoms with Crippen LogP contribution in [0, 0.1) is 0 Å². The number of rotatable bonds is 5. The van der Waals surface area contributed by atoms with Crippen LogP contribution < -0.4 is 5.32 Å². The van der Waals surface area contributed by atoms with E-state index in [0.717, 1.165) is 31.1 Å². The van der Waals surface area contributed by atoms with Crippen molar-refractivity contribution in [3.63, 3.8) is 0 Å². The van der Waals surface area contributed by atoms with Gasteiger partial charge < -0.3 is 15.3 Å². The molecule has 3 nitrogen and oxygen atoms in total. The summed E-state index contributed by atoms with van der Waals surface area (Å²) in [4.78, 5) is 3.94. The van der Waals surface area contributed by atoms with E-state index < -0.39 is 10.0 Å². The van der Waals surface area contributed by atoms with E-state index in [9.17, 15) is 5.11 Å². The maximum absolute atomic E-state index is 9.90. The van der Waals surface area contributed by atoms with Crippen LogP contribution in [-0.2, 0) is 6.42 Å². The molecule has 1 unspecified atom stereocenters. The summed E-state index contributed by atoms with van der Waals surface area (Å²) in [6.45, 7) is 3.39. The van der Waals surface area contributed by atoms with Gasteiger partial charge in [-0.25, -0.2) is 0 Å². The minimum absolute atomic E-state index is 0.567. The summed E-state index contributed by atoms with van der Waals surface area (Å²) in [5, 5.41) is 17.1. The van der Waals surface area contributed by atoms with Crippen molar-refractivity contribution in [2.45, 2.75) is 29.4 Å². The number of aliphatic hydroxyl groups is 1. The lowest BCUT2D eigenvalue weighted by molar-refractivity contribution is 0.235. The number of piperidine rings is 1. The van der Waals surface area contributed by atoms with Crippen molar-refractivity contribution >= 4 is 10.0 Å². The van der Waals surface area contributed by atoms with E-state index in [1.807, 2.05) is 6.20 Å². The Bertz CT molecular complexity index is 798. The third-order valence-electron chi connectivity index (χ3n) is 5.74. The van der Waals surface area contributed by atoms with Crippen LogP contribution in [0.3, 0.4) is 0 Å². The zero-order chi connectivity index (χ0) is 18.5. The van der Waals surface area contributed by atoms with Crippen molar-refractivity contribution in [1.29, 1.82) is 0 Å². The molecule has 27 heavy (non-hydrogen) atoms. The molecule has 2 aliphatic heterocycles. The van der Waals surface area contributed by atoms with Crippen molar-refractivity contribution < 1.29 is 5.11 Å². The molecule has 0 spiro atoms. The van der Waals surface area contributed by atoms with Gasteiger partial charge in [0, 0.05) is 18.0 Å². The van der Waals surface area contributed by atoms with Gasteiger partial charge in [-0.1, -0.05) is 48.5 Å². The summed E-state index contributed by atoms with van der Waals surface area (Å²) >= 11 is 0. The fourth-order valence-electron chi connectivity index (χ4n) is 4.29. The van der Waals surface area contributed by atoms with Gasteiger partial charge in [-0.2, -0.15) is 0 Å². The highest BCUT2D eigenvalue weighted by Gasteiger charge is 2.40. The van der Waals surface area contributed by atoms with Gasteiger partial charge in [0.15, 0.2) is 0 Å². The van der Waals surface area contributed by atoms with E-state index in [4.69, 9.17) is 0 Å². The summed E-state index contributed by atoms with van der Waals surface area (Å²) in [6, 6.07) is 21.5. The Hall–Kier alpha value is -2.17. The van der Waals surface area contributed by atoms with E-state index >= 15 is 0 Å². The minimum atomic E-state index is -1.33. The molecule has 1 saturated heterocycles. The summed E-state index contributed by atoms with van der Waals surface area (Å²) in [6.07, 6.45) is 6.77. The average molecular weight is 381 g/mol. The average Bonchev–Trinajstić information content (AvgIpc) is 3.19. The number of aliphatic hydroxyl groups excluding tert-OH is 1.